The largest absolute Gasteiger partial charge is 0.457 e. The first kappa shape index (κ1) is 34.6. The molecular formula is C32H30F3N3O8S2. The number of anilines is 2. The van der Waals surface area contributed by atoms with Gasteiger partial charge in [0.15, 0.2) is 19.7 Å². The smallest absolute Gasteiger partial charge is 0.416 e. The lowest BCUT2D eigenvalue weighted by atomic mass is 9.91. The topological polar surface area (TPSA) is 158 Å². The minimum atomic E-state index is -4.69. The molecule has 0 saturated heterocycles. The first-order chi connectivity index (χ1) is 22.3. The Hall–Kier alpha value is -4.70. The number of ether oxygens (including phenoxy) is 1. The molecule has 0 bridgehead atoms. The van der Waals surface area contributed by atoms with Crippen LogP contribution in [0.2, 0.25) is 0 Å². The van der Waals surface area contributed by atoms with Gasteiger partial charge in [-0.1, -0.05) is 12.2 Å². The van der Waals surface area contributed by atoms with E-state index in [0.717, 1.165) is 18.6 Å². The second-order valence-electron chi connectivity index (χ2n) is 11.5. The summed E-state index contributed by atoms with van der Waals surface area (Å²) in [6.07, 6.45) is 1.76. The van der Waals surface area contributed by atoms with Crippen LogP contribution in [0.25, 0.3) is 5.57 Å². The number of sulfone groups is 2. The van der Waals surface area contributed by atoms with Crippen molar-refractivity contribution >= 4 is 54.4 Å². The fourth-order valence-electron chi connectivity index (χ4n) is 5.49. The Morgan fingerprint density at radius 3 is 1.96 bits per heavy atom. The number of hydrogen-bond acceptors (Lipinski definition) is 8. The molecule has 0 radical (unpaired) electrons. The summed E-state index contributed by atoms with van der Waals surface area (Å²) in [5.41, 5.74) is -0.00592. The monoisotopic (exact) mass is 705 g/mol. The van der Waals surface area contributed by atoms with E-state index in [2.05, 4.69) is 10.6 Å². The van der Waals surface area contributed by atoms with Crippen LogP contribution in [0.3, 0.4) is 0 Å². The molecule has 48 heavy (non-hydrogen) atoms. The maximum absolute atomic E-state index is 14.2. The van der Waals surface area contributed by atoms with E-state index in [4.69, 9.17) is 4.74 Å². The summed E-state index contributed by atoms with van der Waals surface area (Å²) in [6, 6.07) is 10.5. The van der Waals surface area contributed by atoms with Gasteiger partial charge in [-0.15, -0.1) is 0 Å². The summed E-state index contributed by atoms with van der Waals surface area (Å²) >= 11 is 0. The molecule has 1 saturated carbocycles. The lowest BCUT2D eigenvalue weighted by Crippen LogP contribution is -2.26. The van der Waals surface area contributed by atoms with Crippen molar-refractivity contribution in [2.75, 3.05) is 29.8 Å². The molecule has 0 aliphatic heterocycles. The number of aromatic nitrogens is 1. The number of carbonyl (C=O) groups is 3. The number of alkyl halides is 3. The van der Waals surface area contributed by atoms with Crippen LogP contribution in [0, 0.1) is 18.8 Å². The predicted octanol–water partition coefficient (Wildman–Crippen LogP) is 4.56. The van der Waals surface area contributed by atoms with Gasteiger partial charge in [-0.25, -0.2) is 21.6 Å². The quantitative estimate of drug-likeness (QED) is 0.242. The molecule has 1 heterocycles. The number of carbonyl (C=O) groups excluding carboxylic acids is 3. The molecular weight excluding hydrogens is 675 g/mol. The number of rotatable bonds is 9. The van der Waals surface area contributed by atoms with Gasteiger partial charge in [0.25, 0.3) is 5.91 Å². The van der Waals surface area contributed by atoms with Gasteiger partial charge in [0.1, 0.15) is 6.61 Å². The Balaban J connectivity index is 1.38. The zero-order valence-corrected chi connectivity index (χ0v) is 27.4. The van der Waals surface area contributed by atoms with Gasteiger partial charge in [0, 0.05) is 35.8 Å². The van der Waals surface area contributed by atoms with Crippen LogP contribution < -0.4 is 10.6 Å². The SMILES string of the molecule is Cc1c(C(=O)Nc2ccc(S(C)(=O)=O)cc2)cn(CCOC(=O)C(=O)Nc2ccc(S(C)(=O)=O)cc2)c1C1=C(C(F)(F)F)C=CC2CC12. The lowest BCUT2D eigenvalue weighted by Gasteiger charge is -2.21. The minimum Gasteiger partial charge on any atom is -0.457 e. The van der Waals surface area contributed by atoms with Crippen molar-refractivity contribution in [2.45, 2.75) is 35.9 Å². The van der Waals surface area contributed by atoms with Crippen molar-refractivity contribution in [2.24, 2.45) is 11.8 Å². The molecule has 2 unspecified atom stereocenters. The Labute approximate surface area is 274 Å². The second kappa shape index (κ2) is 12.7. The Morgan fingerprint density at radius 2 is 1.44 bits per heavy atom. The van der Waals surface area contributed by atoms with Crippen molar-refractivity contribution in [3.8, 4) is 0 Å². The highest BCUT2D eigenvalue weighted by Gasteiger charge is 2.49. The molecule has 1 fully saturated rings. The molecule has 254 valence electrons. The number of hydrogen-bond donors (Lipinski definition) is 2. The van der Waals surface area contributed by atoms with E-state index >= 15 is 0 Å². The number of allylic oxidation sites excluding steroid dienone is 4. The molecule has 2 atom stereocenters. The summed E-state index contributed by atoms with van der Waals surface area (Å²) in [6.45, 7) is 0.871. The van der Waals surface area contributed by atoms with Crippen LogP contribution in [0.4, 0.5) is 24.5 Å². The predicted molar refractivity (Wildman–Crippen MR) is 170 cm³/mol. The van der Waals surface area contributed by atoms with Crippen molar-refractivity contribution in [1.82, 2.24) is 4.57 Å². The van der Waals surface area contributed by atoms with Gasteiger partial charge < -0.3 is 19.9 Å². The van der Waals surface area contributed by atoms with Gasteiger partial charge in [-0.3, -0.25) is 9.59 Å². The number of nitrogens with zero attached hydrogens (tertiary/aromatic N) is 1. The van der Waals surface area contributed by atoms with Gasteiger partial charge in [-0.05, 0) is 84.8 Å². The van der Waals surface area contributed by atoms with Crippen LogP contribution in [0.5, 0.6) is 0 Å². The summed E-state index contributed by atoms with van der Waals surface area (Å²) in [5.74, 6) is -3.63. The highest BCUT2D eigenvalue weighted by Crippen LogP contribution is 2.56. The van der Waals surface area contributed by atoms with Crippen LogP contribution in [0.1, 0.15) is 28.0 Å². The third kappa shape index (κ3) is 7.54. The van der Waals surface area contributed by atoms with Gasteiger partial charge >= 0.3 is 18.1 Å². The van der Waals surface area contributed by atoms with Crippen molar-refractivity contribution in [3.63, 3.8) is 0 Å². The van der Waals surface area contributed by atoms with Crippen LogP contribution >= 0.6 is 0 Å². The average molecular weight is 706 g/mol. The Kier molecular flexibility index (Phi) is 9.18. The summed E-state index contributed by atoms with van der Waals surface area (Å²) in [4.78, 5) is 38.3. The molecule has 2 aliphatic rings. The number of halogens is 3. The summed E-state index contributed by atoms with van der Waals surface area (Å²) in [5, 5.41) is 4.92. The Bertz CT molecular complexity index is 2080. The van der Waals surface area contributed by atoms with E-state index in [9.17, 15) is 44.4 Å². The van der Waals surface area contributed by atoms with Crippen LogP contribution in [0.15, 0.2) is 82.2 Å². The van der Waals surface area contributed by atoms with E-state index in [0.29, 0.717) is 6.42 Å². The zero-order chi connectivity index (χ0) is 35.2. The zero-order valence-electron chi connectivity index (χ0n) is 25.8. The number of amides is 2. The molecule has 5 rings (SSSR count). The standard InChI is InChI=1S/C32H30F3N3O8S2/c1-18-25(29(39)36-20-5-9-22(10-6-20)47(2,42)43)17-38(28(18)27-24-16-19(24)4-13-26(27)32(33,34)35)14-15-46-31(41)30(40)37-21-7-11-23(12-8-21)48(3,44)45/h4-13,17,19,24H,14-16H2,1-3H3,(H,36,39)(H,37,40). The first-order valence-electron chi connectivity index (χ1n) is 14.4. The molecule has 2 aliphatic carbocycles. The number of nitrogens with one attached hydrogen (secondary N) is 2. The van der Waals surface area contributed by atoms with Gasteiger partial charge in [-0.2, -0.15) is 13.2 Å². The molecule has 11 nitrogen and oxygen atoms in total. The fraction of sp³-hybridized carbons (Fsp3) is 0.281. The van der Waals surface area contributed by atoms with E-state index in [1.807, 2.05) is 0 Å². The van der Waals surface area contributed by atoms with Gasteiger partial charge in [0.05, 0.1) is 27.5 Å². The fourth-order valence-corrected chi connectivity index (χ4v) is 6.76. The van der Waals surface area contributed by atoms with Gasteiger partial charge in [0.2, 0.25) is 0 Å². The third-order valence-electron chi connectivity index (χ3n) is 7.98. The van der Waals surface area contributed by atoms with E-state index in [1.165, 1.54) is 72.3 Å². The lowest BCUT2D eigenvalue weighted by molar-refractivity contribution is -0.152. The molecule has 3 aromatic rings. The summed E-state index contributed by atoms with van der Waals surface area (Å²) < 4.78 is 96.0. The molecule has 1 aromatic heterocycles. The maximum Gasteiger partial charge on any atom is 0.416 e. The van der Waals surface area contributed by atoms with E-state index < -0.39 is 61.7 Å². The number of benzene rings is 2. The average Bonchev–Trinajstić information content (AvgIpc) is 3.72. The summed E-state index contributed by atoms with van der Waals surface area (Å²) in [7, 11) is -6.96. The van der Waals surface area contributed by atoms with Crippen molar-refractivity contribution < 1.29 is 49.1 Å². The van der Waals surface area contributed by atoms with Crippen LogP contribution in [-0.4, -0.2) is 64.5 Å². The highest BCUT2D eigenvalue weighted by atomic mass is 32.2. The minimum absolute atomic E-state index is 0.00793. The Morgan fingerprint density at radius 1 is 0.896 bits per heavy atom. The molecule has 16 heteroatoms. The van der Waals surface area contributed by atoms with Crippen LogP contribution in [-0.2, 0) is 40.5 Å². The van der Waals surface area contributed by atoms with Crippen molar-refractivity contribution in [1.29, 1.82) is 0 Å². The molecule has 2 amide bonds. The second-order valence-corrected chi connectivity index (χ2v) is 15.6. The van der Waals surface area contributed by atoms with E-state index in [-0.39, 0.29) is 56.0 Å². The highest BCUT2D eigenvalue weighted by molar-refractivity contribution is 7.91. The van der Waals surface area contributed by atoms with Crippen molar-refractivity contribution in [3.05, 3.63) is 89.3 Å². The first-order valence-corrected chi connectivity index (χ1v) is 18.2. The third-order valence-corrected chi connectivity index (χ3v) is 10.2. The maximum atomic E-state index is 14.2. The normalized spacial score (nSPS) is 17.5. The van der Waals surface area contributed by atoms with E-state index in [1.54, 1.807) is 0 Å². The molecule has 2 N–H and O–H groups in total. The molecule has 0 spiro atoms. The number of fused-ring (bicyclic) bond motifs is 1. The number of esters is 1. The molecule has 2 aromatic carbocycles.